The maximum absolute atomic E-state index is 11.3. The molecule has 1 N–H and O–H groups in total. The van der Waals surface area contributed by atoms with Crippen molar-refractivity contribution < 1.29 is 19.4 Å². The Morgan fingerprint density at radius 2 is 1.96 bits per heavy atom. The van der Waals surface area contributed by atoms with E-state index in [9.17, 15) is 9.90 Å². The molecule has 0 aliphatic carbocycles. The number of hydrogen-bond donors (Lipinski definition) is 1. The number of benzene rings is 2. The first-order valence-electron chi connectivity index (χ1n) is 7.93. The van der Waals surface area contributed by atoms with Crippen molar-refractivity contribution in [3.63, 3.8) is 0 Å². The summed E-state index contributed by atoms with van der Waals surface area (Å²) in [7, 11) is 0. The van der Waals surface area contributed by atoms with Gasteiger partial charge in [0.05, 0.1) is 6.61 Å². The second-order valence-corrected chi connectivity index (χ2v) is 6.25. The van der Waals surface area contributed by atoms with Gasteiger partial charge in [-0.15, -0.1) is 11.3 Å². The van der Waals surface area contributed by atoms with E-state index < -0.39 is 5.97 Å². The smallest absolute Gasteiger partial charge is 0.371 e. The fraction of sp³-hybridized carbons (Fsp3) is 0.150. The molecule has 0 atom stereocenters. The molecular weight excluding hydrogens is 336 g/mol. The number of ether oxygens (including phenoxy) is 2. The van der Waals surface area contributed by atoms with Crippen LogP contribution in [0.1, 0.15) is 18.1 Å². The Kier molecular flexibility index (Phi) is 5.36. The third kappa shape index (κ3) is 4.00. The number of hydrogen-bond acceptors (Lipinski definition) is 4. The first kappa shape index (κ1) is 17.0. The first-order valence-corrected chi connectivity index (χ1v) is 8.81. The molecule has 4 nitrogen and oxygen atoms in total. The van der Waals surface area contributed by atoms with Gasteiger partial charge in [0.1, 0.15) is 12.4 Å². The van der Waals surface area contributed by atoms with Crippen LogP contribution >= 0.6 is 11.3 Å². The normalized spacial score (nSPS) is 11.5. The van der Waals surface area contributed by atoms with Crippen molar-refractivity contribution in [3.8, 4) is 5.75 Å². The summed E-state index contributed by atoms with van der Waals surface area (Å²) in [6.07, 6.45) is 1.56. The highest BCUT2D eigenvalue weighted by molar-refractivity contribution is 7.17. The molecule has 0 spiro atoms. The standard InChI is InChI=1S/C20H18O4S/c1-2-23-18(20(21)22)12-15-8-9-17(16-10-11-25-19(15)16)24-13-14-6-4-3-5-7-14/h3-12H,2,13H2,1H3,(H,21,22)/b18-12-. The highest BCUT2D eigenvalue weighted by Crippen LogP contribution is 2.34. The molecule has 5 heteroatoms. The Morgan fingerprint density at radius 1 is 1.16 bits per heavy atom. The molecule has 0 aliphatic heterocycles. The molecule has 128 valence electrons. The summed E-state index contributed by atoms with van der Waals surface area (Å²) < 4.78 is 12.1. The van der Waals surface area contributed by atoms with E-state index in [2.05, 4.69) is 0 Å². The SMILES string of the molecule is CCO/C(=C\c1ccc(OCc2ccccc2)c2ccsc12)C(=O)O. The minimum Gasteiger partial charge on any atom is -0.488 e. The molecule has 0 saturated heterocycles. The van der Waals surface area contributed by atoms with E-state index in [0.717, 1.165) is 27.0 Å². The molecule has 3 aromatic rings. The lowest BCUT2D eigenvalue weighted by Gasteiger charge is -2.09. The van der Waals surface area contributed by atoms with E-state index >= 15 is 0 Å². The van der Waals surface area contributed by atoms with Crippen LogP contribution in [0.25, 0.3) is 16.2 Å². The zero-order valence-corrected chi connectivity index (χ0v) is 14.6. The molecule has 1 aromatic heterocycles. The van der Waals surface area contributed by atoms with Gasteiger partial charge in [-0.3, -0.25) is 0 Å². The van der Waals surface area contributed by atoms with E-state index in [1.165, 1.54) is 0 Å². The van der Waals surface area contributed by atoms with Crippen LogP contribution in [0.5, 0.6) is 5.75 Å². The summed E-state index contributed by atoms with van der Waals surface area (Å²) in [5.41, 5.74) is 1.90. The van der Waals surface area contributed by atoms with Crippen LogP contribution in [0.4, 0.5) is 0 Å². The molecule has 0 aliphatic rings. The molecule has 2 aromatic carbocycles. The maximum Gasteiger partial charge on any atom is 0.371 e. The average molecular weight is 354 g/mol. The number of carboxylic acid groups (broad SMARTS) is 1. The zero-order chi connectivity index (χ0) is 17.6. The van der Waals surface area contributed by atoms with Crippen molar-refractivity contribution in [3.05, 3.63) is 70.8 Å². The van der Waals surface area contributed by atoms with Crippen molar-refractivity contribution in [2.24, 2.45) is 0 Å². The minimum atomic E-state index is -1.07. The summed E-state index contributed by atoms with van der Waals surface area (Å²) in [5, 5.41) is 12.2. The Balaban J connectivity index is 1.90. The van der Waals surface area contributed by atoms with E-state index in [4.69, 9.17) is 9.47 Å². The van der Waals surface area contributed by atoms with Gasteiger partial charge in [0.2, 0.25) is 5.76 Å². The Bertz CT molecular complexity index is 896. The summed E-state index contributed by atoms with van der Waals surface area (Å²) in [4.78, 5) is 11.3. The fourth-order valence-electron chi connectivity index (χ4n) is 2.49. The lowest BCUT2D eigenvalue weighted by molar-refractivity contribution is -0.136. The van der Waals surface area contributed by atoms with Gasteiger partial charge in [0, 0.05) is 10.1 Å². The van der Waals surface area contributed by atoms with Crippen LogP contribution in [0, 0.1) is 0 Å². The van der Waals surface area contributed by atoms with E-state index in [0.29, 0.717) is 13.2 Å². The second kappa shape index (κ2) is 7.85. The van der Waals surface area contributed by atoms with Crippen molar-refractivity contribution in [1.82, 2.24) is 0 Å². The maximum atomic E-state index is 11.3. The first-order chi connectivity index (χ1) is 12.2. The van der Waals surface area contributed by atoms with Crippen LogP contribution < -0.4 is 4.74 Å². The molecule has 3 rings (SSSR count). The Hall–Kier alpha value is -2.79. The number of thiophene rings is 1. The minimum absolute atomic E-state index is 0.0600. The molecule has 0 fully saturated rings. The third-order valence-corrected chi connectivity index (χ3v) is 4.61. The quantitative estimate of drug-likeness (QED) is 0.482. The van der Waals surface area contributed by atoms with E-state index in [1.807, 2.05) is 53.9 Å². The van der Waals surface area contributed by atoms with E-state index in [-0.39, 0.29) is 5.76 Å². The van der Waals surface area contributed by atoms with Crippen molar-refractivity contribution >= 4 is 33.5 Å². The van der Waals surface area contributed by atoms with Crippen LogP contribution in [0.3, 0.4) is 0 Å². The summed E-state index contributed by atoms with van der Waals surface area (Å²) in [6, 6.07) is 15.7. The van der Waals surface area contributed by atoms with Gasteiger partial charge < -0.3 is 14.6 Å². The molecule has 1 heterocycles. The lowest BCUT2D eigenvalue weighted by Crippen LogP contribution is -2.04. The Labute approximate surface area is 149 Å². The Morgan fingerprint density at radius 3 is 2.68 bits per heavy atom. The van der Waals surface area contributed by atoms with Crippen LogP contribution in [0.15, 0.2) is 59.7 Å². The number of rotatable bonds is 7. The average Bonchev–Trinajstić information content (AvgIpc) is 3.11. The van der Waals surface area contributed by atoms with Gasteiger partial charge in [-0.25, -0.2) is 4.79 Å². The monoisotopic (exact) mass is 354 g/mol. The van der Waals surface area contributed by atoms with Crippen molar-refractivity contribution in [1.29, 1.82) is 0 Å². The molecule has 0 saturated carbocycles. The van der Waals surface area contributed by atoms with Gasteiger partial charge in [0.15, 0.2) is 0 Å². The molecule has 0 unspecified atom stereocenters. The number of carboxylic acids is 1. The number of fused-ring (bicyclic) bond motifs is 1. The highest BCUT2D eigenvalue weighted by Gasteiger charge is 2.12. The van der Waals surface area contributed by atoms with Crippen molar-refractivity contribution in [2.45, 2.75) is 13.5 Å². The van der Waals surface area contributed by atoms with Gasteiger partial charge >= 0.3 is 5.97 Å². The fourth-order valence-corrected chi connectivity index (χ4v) is 3.39. The van der Waals surface area contributed by atoms with Crippen LogP contribution in [-0.4, -0.2) is 17.7 Å². The highest BCUT2D eigenvalue weighted by atomic mass is 32.1. The topological polar surface area (TPSA) is 55.8 Å². The van der Waals surface area contributed by atoms with Gasteiger partial charge in [0.25, 0.3) is 0 Å². The number of aliphatic carboxylic acids is 1. The summed E-state index contributed by atoms with van der Waals surface area (Å²) >= 11 is 1.55. The van der Waals surface area contributed by atoms with Crippen LogP contribution in [0.2, 0.25) is 0 Å². The molecule has 0 amide bonds. The zero-order valence-electron chi connectivity index (χ0n) is 13.8. The second-order valence-electron chi connectivity index (χ2n) is 5.34. The lowest BCUT2D eigenvalue weighted by atomic mass is 10.1. The summed E-state index contributed by atoms with van der Waals surface area (Å²) in [6.45, 7) is 2.56. The summed E-state index contributed by atoms with van der Waals surface area (Å²) in [5.74, 6) is -0.350. The predicted molar refractivity (Wildman–Crippen MR) is 99.8 cm³/mol. The van der Waals surface area contributed by atoms with Gasteiger partial charge in [-0.05, 0) is 47.7 Å². The van der Waals surface area contributed by atoms with Gasteiger partial charge in [-0.2, -0.15) is 0 Å². The van der Waals surface area contributed by atoms with Crippen LogP contribution in [-0.2, 0) is 16.1 Å². The van der Waals surface area contributed by atoms with Gasteiger partial charge in [-0.1, -0.05) is 30.3 Å². The third-order valence-electron chi connectivity index (χ3n) is 3.64. The molecule has 0 bridgehead atoms. The molecule has 0 radical (unpaired) electrons. The number of carbonyl (C=O) groups is 1. The molecule has 25 heavy (non-hydrogen) atoms. The van der Waals surface area contributed by atoms with Crippen molar-refractivity contribution in [2.75, 3.05) is 6.61 Å². The van der Waals surface area contributed by atoms with E-state index in [1.54, 1.807) is 24.3 Å². The largest absolute Gasteiger partial charge is 0.488 e. The molecular formula is C20H18O4S. The predicted octanol–water partition coefficient (Wildman–Crippen LogP) is 4.94.